The summed E-state index contributed by atoms with van der Waals surface area (Å²) in [6, 6.07) is 13.1. The van der Waals surface area contributed by atoms with Gasteiger partial charge in [-0.05, 0) is 24.3 Å². The van der Waals surface area contributed by atoms with Crippen LogP contribution in [0.4, 0.5) is 0 Å². The van der Waals surface area contributed by atoms with Gasteiger partial charge in [0, 0.05) is 43.9 Å². The van der Waals surface area contributed by atoms with E-state index in [-0.39, 0.29) is 12.7 Å². The number of hydrogen-bond acceptors (Lipinski definition) is 6. The molecule has 1 fully saturated rings. The van der Waals surface area contributed by atoms with Gasteiger partial charge >= 0.3 is 0 Å². The van der Waals surface area contributed by atoms with E-state index in [2.05, 4.69) is 4.90 Å². The zero-order chi connectivity index (χ0) is 20.1. The number of rotatable bonds is 7. The van der Waals surface area contributed by atoms with Crippen LogP contribution in [0.1, 0.15) is 15.9 Å². The summed E-state index contributed by atoms with van der Waals surface area (Å²) in [7, 11) is 1.65. The largest absolute Gasteiger partial charge is 0.496 e. The van der Waals surface area contributed by atoms with E-state index in [1.54, 1.807) is 25.3 Å². The Labute approximate surface area is 170 Å². The molecular formula is C22H26N2O5. The molecule has 154 valence electrons. The van der Waals surface area contributed by atoms with Gasteiger partial charge in [0.05, 0.1) is 20.3 Å². The van der Waals surface area contributed by atoms with Crippen LogP contribution in [-0.4, -0.2) is 69.0 Å². The molecule has 1 saturated heterocycles. The highest BCUT2D eigenvalue weighted by molar-refractivity contribution is 5.95. The number of amides is 1. The highest BCUT2D eigenvalue weighted by atomic mass is 16.7. The predicted octanol–water partition coefficient (Wildman–Crippen LogP) is 2.40. The zero-order valence-electron chi connectivity index (χ0n) is 16.6. The van der Waals surface area contributed by atoms with Gasteiger partial charge in [-0.1, -0.05) is 18.2 Å². The molecule has 0 unspecified atom stereocenters. The first-order valence-corrected chi connectivity index (χ1v) is 9.85. The van der Waals surface area contributed by atoms with E-state index >= 15 is 0 Å². The Morgan fingerprint density at radius 1 is 1.10 bits per heavy atom. The van der Waals surface area contributed by atoms with Crippen molar-refractivity contribution in [3.8, 4) is 17.2 Å². The Bertz CT molecular complexity index is 851. The molecule has 0 saturated carbocycles. The fraction of sp³-hybridized carbons (Fsp3) is 0.409. The van der Waals surface area contributed by atoms with Gasteiger partial charge in [0.15, 0.2) is 11.5 Å². The second kappa shape index (κ2) is 9.15. The lowest BCUT2D eigenvalue weighted by Crippen LogP contribution is -2.43. The van der Waals surface area contributed by atoms with Crippen LogP contribution >= 0.6 is 0 Å². The van der Waals surface area contributed by atoms with E-state index in [0.717, 1.165) is 44.2 Å². The van der Waals surface area contributed by atoms with Crippen LogP contribution in [0.25, 0.3) is 0 Å². The van der Waals surface area contributed by atoms with Crippen molar-refractivity contribution in [1.29, 1.82) is 0 Å². The molecule has 7 heteroatoms. The topological polar surface area (TPSA) is 60.5 Å². The van der Waals surface area contributed by atoms with Crippen LogP contribution in [0.3, 0.4) is 0 Å². The molecular weight excluding hydrogens is 372 g/mol. The summed E-state index contributed by atoms with van der Waals surface area (Å²) in [6.45, 7) is 5.34. The van der Waals surface area contributed by atoms with Gasteiger partial charge in [0.25, 0.3) is 5.91 Å². The minimum absolute atomic E-state index is 0.0394. The summed E-state index contributed by atoms with van der Waals surface area (Å²) in [6.07, 6.45) is 0. The summed E-state index contributed by atoms with van der Waals surface area (Å²) < 4.78 is 21.7. The van der Waals surface area contributed by atoms with Gasteiger partial charge in [-0.25, -0.2) is 0 Å². The quantitative estimate of drug-likeness (QED) is 0.714. The molecule has 0 aliphatic carbocycles. The third kappa shape index (κ3) is 4.63. The molecule has 0 bridgehead atoms. The Morgan fingerprint density at radius 3 is 2.72 bits per heavy atom. The first-order chi connectivity index (χ1) is 14.2. The summed E-state index contributed by atoms with van der Waals surface area (Å²) >= 11 is 0. The minimum atomic E-state index is -0.0394. The van der Waals surface area contributed by atoms with Crippen molar-refractivity contribution in [1.82, 2.24) is 9.80 Å². The highest BCUT2D eigenvalue weighted by Gasteiger charge is 2.22. The van der Waals surface area contributed by atoms with Gasteiger partial charge < -0.3 is 23.8 Å². The number of methoxy groups -OCH3 is 1. The lowest BCUT2D eigenvalue weighted by molar-refractivity contribution is 0.0320. The van der Waals surface area contributed by atoms with Crippen molar-refractivity contribution < 1.29 is 23.7 Å². The molecule has 2 aromatic carbocycles. The fourth-order valence-electron chi connectivity index (χ4n) is 3.59. The molecule has 4 rings (SSSR count). The predicted molar refractivity (Wildman–Crippen MR) is 108 cm³/mol. The number of nitrogens with zero attached hydrogens (tertiary/aromatic N) is 2. The van der Waals surface area contributed by atoms with Gasteiger partial charge in [-0.2, -0.15) is 0 Å². The lowest BCUT2D eigenvalue weighted by atomic mass is 10.1. The Morgan fingerprint density at radius 2 is 1.90 bits per heavy atom. The van der Waals surface area contributed by atoms with Crippen molar-refractivity contribution in [2.45, 2.75) is 6.54 Å². The standard InChI is InChI=1S/C22H26N2O5/c1-26-19-5-3-2-4-18(19)15-24(9-8-23-10-12-27-13-11-23)22(25)17-6-7-20-21(14-17)29-16-28-20/h2-7,14H,8-13,15-16H2,1H3. The maximum atomic E-state index is 13.4. The summed E-state index contributed by atoms with van der Waals surface area (Å²) in [5, 5.41) is 0. The minimum Gasteiger partial charge on any atom is -0.496 e. The van der Waals surface area contributed by atoms with Crippen LogP contribution in [0.15, 0.2) is 42.5 Å². The lowest BCUT2D eigenvalue weighted by Gasteiger charge is -2.30. The van der Waals surface area contributed by atoms with Crippen LogP contribution in [0.2, 0.25) is 0 Å². The normalized spacial score (nSPS) is 15.9. The Kier molecular flexibility index (Phi) is 6.17. The highest BCUT2D eigenvalue weighted by Crippen LogP contribution is 2.33. The van der Waals surface area contributed by atoms with E-state index in [1.165, 1.54) is 0 Å². The van der Waals surface area contributed by atoms with E-state index in [4.69, 9.17) is 18.9 Å². The Balaban J connectivity index is 1.53. The first-order valence-electron chi connectivity index (χ1n) is 9.85. The van der Waals surface area contributed by atoms with Crippen molar-refractivity contribution in [2.75, 3.05) is 53.3 Å². The zero-order valence-corrected chi connectivity index (χ0v) is 16.6. The molecule has 0 N–H and O–H groups in total. The molecule has 0 atom stereocenters. The van der Waals surface area contributed by atoms with E-state index < -0.39 is 0 Å². The number of hydrogen-bond donors (Lipinski definition) is 0. The number of carbonyl (C=O) groups is 1. The molecule has 2 heterocycles. The Hall–Kier alpha value is -2.77. The number of morpholine rings is 1. The number of benzene rings is 2. The maximum absolute atomic E-state index is 13.4. The third-order valence-corrected chi connectivity index (χ3v) is 5.25. The van der Waals surface area contributed by atoms with Gasteiger partial charge in [0.1, 0.15) is 5.75 Å². The smallest absolute Gasteiger partial charge is 0.254 e. The fourth-order valence-corrected chi connectivity index (χ4v) is 3.59. The molecule has 0 radical (unpaired) electrons. The van der Waals surface area contributed by atoms with Crippen LogP contribution < -0.4 is 14.2 Å². The van der Waals surface area contributed by atoms with E-state index in [0.29, 0.717) is 30.2 Å². The SMILES string of the molecule is COc1ccccc1CN(CCN1CCOCC1)C(=O)c1ccc2c(c1)OCO2. The van der Waals surface area contributed by atoms with Crippen molar-refractivity contribution in [3.63, 3.8) is 0 Å². The second-order valence-corrected chi connectivity index (χ2v) is 7.06. The van der Waals surface area contributed by atoms with Crippen LogP contribution in [0, 0.1) is 0 Å². The third-order valence-electron chi connectivity index (χ3n) is 5.25. The molecule has 0 spiro atoms. The van der Waals surface area contributed by atoms with Crippen LogP contribution in [0.5, 0.6) is 17.2 Å². The maximum Gasteiger partial charge on any atom is 0.254 e. The number of carbonyl (C=O) groups excluding carboxylic acids is 1. The molecule has 0 aromatic heterocycles. The average Bonchev–Trinajstić information content (AvgIpc) is 3.25. The summed E-state index contributed by atoms with van der Waals surface area (Å²) in [5.41, 5.74) is 1.57. The average molecular weight is 398 g/mol. The molecule has 2 aromatic rings. The second-order valence-electron chi connectivity index (χ2n) is 7.06. The van der Waals surface area contributed by atoms with E-state index in [1.807, 2.05) is 29.2 Å². The van der Waals surface area contributed by atoms with Gasteiger partial charge in [0.2, 0.25) is 6.79 Å². The first kappa shape index (κ1) is 19.5. The molecule has 7 nitrogen and oxygen atoms in total. The number of para-hydroxylation sites is 1. The molecule has 29 heavy (non-hydrogen) atoms. The summed E-state index contributed by atoms with van der Waals surface area (Å²) in [4.78, 5) is 17.6. The van der Waals surface area contributed by atoms with Crippen molar-refractivity contribution in [3.05, 3.63) is 53.6 Å². The van der Waals surface area contributed by atoms with E-state index in [9.17, 15) is 4.79 Å². The molecule has 2 aliphatic heterocycles. The molecule has 2 aliphatic rings. The number of ether oxygens (including phenoxy) is 4. The molecule has 1 amide bonds. The van der Waals surface area contributed by atoms with Crippen molar-refractivity contribution >= 4 is 5.91 Å². The van der Waals surface area contributed by atoms with Crippen molar-refractivity contribution in [2.24, 2.45) is 0 Å². The summed E-state index contributed by atoms with van der Waals surface area (Å²) in [5.74, 6) is 2.03. The monoisotopic (exact) mass is 398 g/mol. The van der Waals surface area contributed by atoms with Crippen LogP contribution in [-0.2, 0) is 11.3 Å². The van der Waals surface area contributed by atoms with Gasteiger partial charge in [-0.15, -0.1) is 0 Å². The van der Waals surface area contributed by atoms with Gasteiger partial charge in [-0.3, -0.25) is 9.69 Å². The number of fused-ring (bicyclic) bond motifs is 1.